The Bertz CT molecular complexity index is 421. The van der Waals surface area contributed by atoms with Gasteiger partial charge >= 0.3 is 5.97 Å². The van der Waals surface area contributed by atoms with Crippen LogP contribution in [0.5, 0.6) is 0 Å². The Labute approximate surface area is 138 Å². The molecule has 5 heteroatoms. The summed E-state index contributed by atoms with van der Waals surface area (Å²) in [7, 11) is 1.42. The summed E-state index contributed by atoms with van der Waals surface area (Å²) in [5.74, 6) is 1.03. The van der Waals surface area contributed by atoms with E-state index in [9.17, 15) is 4.79 Å². The van der Waals surface area contributed by atoms with Crippen LogP contribution in [0.15, 0.2) is 11.1 Å². The molecule has 0 fully saturated rings. The van der Waals surface area contributed by atoms with Crippen molar-refractivity contribution in [2.24, 2.45) is 5.41 Å². The summed E-state index contributed by atoms with van der Waals surface area (Å²) >= 11 is 1.60. The van der Waals surface area contributed by atoms with Gasteiger partial charge in [0.15, 0.2) is 0 Å². The summed E-state index contributed by atoms with van der Waals surface area (Å²) in [6, 6.07) is 0. The predicted molar refractivity (Wildman–Crippen MR) is 90.8 cm³/mol. The SMILES string of the molecule is COC(=O)CSCC1=C(C)C(OOC(C)(C)C)CCC1(C)C. The minimum atomic E-state index is -0.312. The Morgan fingerprint density at radius 1 is 1.36 bits per heavy atom. The van der Waals surface area contributed by atoms with Gasteiger partial charge in [-0.1, -0.05) is 19.4 Å². The number of methoxy groups -OCH3 is 1. The number of rotatable bonds is 6. The fourth-order valence-electron chi connectivity index (χ4n) is 2.51. The van der Waals surface area contributed by atoms with Crippen LogP contribution in [0.25, 0.3) is 0 Å². The molecule has 0 radical (unpaired) electrons. The molecule has 1 aliphatic rings. The zero-order chi connectivity index (χ0) is 17.0. The number of carbonyl (C=O) groups excluding carboxylic acids is 1. The van der Waals surface area contributed by atoms with Gasteiger partial charge in [0.25, 0.3) is 0 Å². The third kappa shape index (κ3) is 5.94. The summed E-state index contributed by atoms with van der Waals surface area (Å²) in [5.41, 5.74) is 2.41. The molecule has 0 amide bonds. The highest BCUT2D eigenvalue weighted by molar-refractivity contribution is 8.00. The maximum absolute atomic E-state index is 11.3. The highest BCUT2D eigenvalue weighted by atomic mass is 32.2. The van der Waals surface area contributed by atoms with Gasteiger partial charge in [-0.25, -0.2) is 9.78 Å². The molecule has 0 N–H and O–H groups in total. The van der Waals surface area contributed by atoms with E-state index in [1.54, 1.807) is 11.8 Å². The molecule has 22 heavy (non-hydrogen) atoms. The van der Waals surface area contributed by atoms with Crippen molar-refractivity contribution in [2.75, 3.05) is 18.6 Å². The topological polar surface area (TPSA) is 44.8 Å². The molecule has 1 rings (SSSR count). The highest BCUT2D eigenvalue weighted by Gasteiger charge is 2.34. The van der Waals surface area contributed by atoms with Crippen molar-refractivity contribution in [1.82, 2.24) is 0 Å². The van der Waals surface area contributed by atoms with Gasteiger partial charge in [-0.2, -0.15) is 0 Å². The summed E-state index contributed by atoms with van der Waals surface area (Å²) in [6.45, 7) is 12.6. The number of thioether (sulfide) groups is 1. The second kappa shape index (κ2) is 7.84. The number of hydrogen-bond acceptors (Lipinski definition) is 5. The first-order valence-corrected chi connectivity index (χ1v) is 8.91. The van der Waals surface area contributed by atoms with E-state index in [4.69, 9.17) is 14.5 Å². The molecule has 0 spiro atoms. The molecule has 0 aromatic heterocycles. The molecular formula is C17H30O4S. The Kier molecular flexibility index (Phi) is 6.96. The molecule has 1 aliphatic carbocycles. The molecule has 1 atom stereocenters. The van der Waals surface area contributed by atoms with E-state index in [1.807, 2.05) is 20.8 Å². The van der Waals surface area contributed by atoms with E-state index < -0.39 is 0 Å². The van der Waals surface area contributed by atoms with Crippen molar-refractivity contribution in [1.29, 1.82) is 0 Å². The monoisotopic (exact) mass is 330 g/mol. The Morgan fingerprint density at radius 2 is 2.00 bits per heavy atom. The number of carbonyl (C=O) groups is 1. The maximum atomic E-state index is 11.3. The zero-order valence-corrected chi connectivity index (χ0v) is 15.8. The van der Waals surface area contributed by atoms with E-state index in [-0.39, 0.29) is 23.1 Å². The van der Waals surface area contributed by atoms with E-state index in [0.717, 1.165) is 18.6 Å². The lowest BCUT2D eigenvalue weighted by Crippen LogP contribution is -2.33. The summed E-state index contributed by atoms with van der Waals surface area (Å²) < 4.78 is 4.70. The van der Waals surface area contributed by atoms with Crippen LogP contribution in [0.2, 0.25) is 0 Å². The van der Waals surface area contributed by atoms with E-state index >= 15 is 0 Å². The fraction of sp³-hybridized carbons (Fsp3) is 0.824. The molecule has 1 unspecified atom stereocenters. The van der Waals surface area contributed by atoms with Crippen LogP contribution in [-0.4, -0.2) is 36.3 Å². The molecular weight excluding hydrogens is 300 g/mol. The lowest BCUT2D eigenvalue weighted by molar-refractivity contribution is -0.368. The molecule has 0 bridgehead atoms. The second-order valence-electron chi connectivity index (χ2n) is 7.43. The van der Waals surface area contributed by atoms with Crippen LogP contribution in [0, 0.1) is 5.41 Å². The normalized spacial score (nSPS) is 21.9. The highest BCUT2D eigenvalue weighted by Crippen LogP contribution is 2.42. The molecule has 0 aromatic rings. The number of ether oxygens (including phenoxy) is 1. The predicted octanol–water partition coefficient (Wildman–Crippen LogP) is 4.14. The Morgan fingerprint density at radius 3 is 2.55 bits per heavy atom. The molecule has 0 saturated carbocycles. The Hall–Kier alpha value is -0.520. The van der Waals surface area contributed by atoms with E-state index in [2.05, 4.69) is 20.8 Å². The third-order valence-electron chi connectivity index (χ3n) is 3.92. The van der Waals surface area contributed by atoms with Crippen LogP contribution in [0.3, 0.4) is 0 Å². The average Bonchev–Trinajstić information content (AvgIpc) is 2.40. The van der Waals surface area contributed by atoms with Crippen LogP contribution in [-0.2, 0) is 19.3 Å². The fourth-order valence-corrected chi connectivity index (χ4v) is 3.72. The van der Waals surface area contributed by atoms with Gasteiger partial charge in [0.1, 0.15) is 6.10 Å². The van der Waals surface area contributed by atoms with Crippen molar-refractivity contribution in [3.05, 3.63) is 11.1 Å². The number of hydrogen-bond donors (Lipinski definition) is 0. The van der Waals surface area contributed by atoms with Gasteiger partial charge in [0, 0.05) is 5.75 Å². The Balaban J connectivity index is 2.75. The first kappa shape index (κ1) is 19.5. The third-order valence-corrected chi connectivity index (χ3v) is 4.85. The largest absolute Gasteiger partial charge is 0.468 e. The quantitative estimate of drug-likeness (QED) is 0.317. The van der Waals surface area contributed by atoms with Gasteiger partial charge in [0.2, 0.25) is 0 Å². The average molecular weight is 330 g/mol. The molecule has 0 aromatic carbocycles. The first-order valence-electron chi connectivity index (χ1n) is 7.76. The van der Waals surface area contributed by atoms with Crippen molar-refractivity contribution < 1.29 is 19.3 Å². The summed E-state index contributed by atoms with van der Waals surface area (Å²) in [5, 5.41) is 0. The maximum Gasteiger partial charge on any atom is 0.315 e. The van der Waals surface area contributed by atoms with Crippen molar-refractivity contribution in [2.45, 2.75) is 66.1 Å². The van der Waals surface area contributed by atoms with Gasteiger partial charge < -0.3 is 4.74 Å². The van der Waals surface area contributed by atoms with Gasteiger partial charge in [0.05, 0.1) is 18.5 Å². The standard InChI is InChI=1S/C17H30O4S/c1-12-13(10-22-11-15(18)19-7)17(5,6)9-8-14(12)20-21-16(2,3)4/h14H,8-11H2,1-7H3. The zero-order valence-electron chi connectivity index (χ0n) is 14.9. The molecule has 0 saturated heterocycles. The second-order valence-corrected chi connectivity index (χ2v) is 8.42. The van der Waals surface area contributed by atoms with Crippen LogP contribution >= 0.6 is 11.8 Å². The van der Waals surface area contributed by atoms with Crippen molar-refractivity contribution in [3.63, 3.8) is 0 Å². The summed E-state index contributed by atoms with van der Waals surface area (Å²) in [4.78, 5) is 22.4. The van der Waals surface area contributed by atoms with E-state index in [1.165, 1.54) is 18.3 Å². The minimum Gasteiger partial charge on any atom is -0.468 e. The van der Waals surface area contributed by atoms with Gasteiger partial charge in [-0.15, -0.1) is 11.8 Å². The van der Waals surface area contributed by atoms with Crippen molar-refractivity contribution >= 4 is 17.7 Å². The number of esters is 1. The first-order chi connectivity index (χ1) is 10.1. The van der Waals surface area contributed by atoms with Crippen LogP contribution < -0.4 is 0 Å². The smallest absolute Gasteiger partial charge is 0.315 e. The van der Waals surface area contributed by atoms with Crippen LogP contribution in [0.1, 0.15) is 54.4 Å². The lowest BCUT2D eigenvalue weighted by Gasteiger charge is -2.38. The molecule has 0 heterocycles. The van der Waals surface area contributed by atoms with Crippen molar-refractivity contribution in [3.8, 4) is 0 Å². The van der Waals surface area contributed by atoms with Crippen LogP contribution in [0.4, 0.5) is 0 Å². The van der Waals surface area contributed by atoms with Gasteiger partial charge in [-0.05, 0) is 51.5 Å². The molecule has 4 nitrogen and oxygen atoms in total. The van der Waals surface area contributed by atoms with Gasteiger partial charge in [-0.3, -0.25) is 4.79 Å². The lowest BCUT2D eigenvalue weighted by atomic mass is 9.72. The minimum absolute atomic E-state index is 0.000904. The van der Waals surface area contributed by atoms with E-state index in [0.29, 0.717) is 5.75 Å². The molecule has 0 aliphatic heterocycles. The molecule has 128 valence electrons. The summed E-state index contributed by atoms with van der Waals surface area (Å²) in [6.07, 6.45) is 2.01.